The molecular weight excluding hydrogens is 250 g/mol. The summed E-state index contributed by atoms with van der Waals surface area (Å²) in [6.07, 6.45) is 4.96. The summed E-state index contributed by atoms with van der Waals surface area (Å²) in [6, 6.07) is 2.52. The van der Waals surface area contributed by atoms with E-state index < -0.39 is 11.0 Å². The molecule has 1 saturated carbocycles. The standard InChI is InChI=1S/C17H29NO2/c1-13(2)14-5-7-16(12-18,8-6-14)17(19)9-10-20-15(3,4)11-17/h13-14,19H,5-11H2,1-4H3. The van der Waals surface area contributed by atoms with Crippen LogP contribution in [-0.4, -0.2) is 22.9 Å². The molecule has 3 nitrogen and oxygen atoms in total. The lowest BCUT2D eigenvalue weighted by Gasteiger charge is -2.52. The maximum absolute atomic E-state index is 11.2. The van der Waals surface area contributed by atoms with Gasteiger partial charge in [-0.3, -0.25) is 0 Å². The van der Waals surface area contributed by atoms with Gasteiger partial charge in [0, 0.05) is 12.8 Å². The molecule has 1 N–H and O–H groups in total. The largest absolute Gasteiger partial charge is 0.388 e. The Kier molecular flexibility index (Phi) is 4.19. The van der Waals surface area contributed by atoms with Crippen LogP contribution in [0.5, 0.6) is 0 Å². The van der Waals surface area contributed by atoms with Gasteiger partial charge in [0.15, 0.2) is 0 Å². The molecule has 0 aromatic rings. The number of nitrogens with zero attached hydrogens (tertiary/aromatic N) is 1. The summed E-state index contributed by atoms with van der Waals surface area (Å²) in [6.45, 7) is 9.11. The predicted octanol–water partition coefficient (Wildman–Crippen LogP) is 3.66. The quantitative estimate of drug-likeness (QED) is 0.839. The molecule has 2 aliphatic rings. The monoisotopic (exact) mass is 279 g/mol. The molecule has 20 heavy (non-hydrogen) atoms. The first-order valence-electron chi connectivity index (χ1n) is 8.01. The fourth-order valence-corrected chi connectivity index (χ4v) is 4.23. The molecule has 1 atom stereocenters. The van der Waals surface area contributed by atoms with Crippen molar-refractivity contribution >= 4 is 0 Å². The molecule has 114 valence electrons. The molecule has 0 spiro atoms. The lowest BCUT2D eigenvalue weighted by Crippen LogP contribution is -2.57. The summed E-state index contributed by atoms with van der Waals surface area (Å²) >= 11 is 0. The molecule has 1 aliphatic heterocycles. The van der Waals surface area contributed by atoms with Gasteiger partial charge in [-0.25, -0.2) is 0 Å². The van der Waals surface area contributed by atoms with E-state index in [9.17, 15) is 10.4 Å². The van der Waals surface area contributed by atoms with Crippen molar-refractivity contribution in [3.05, 3.63) is 0 Å². The van der Waals surface area contributed by atoms with Crippen molar-refractivity contribution in [1.82, 2.24) is 0 Å². The van der Waals surface area contributed by atoms with Gasteiger partial charge < -0.3 is 9.84 Å². The Bertz CT molecular complexity index is 388. The lowest BCUT2D eigenvalue weighted by atomic mass is 9.57. The van der Waals surface area contributed by atoms with Gasteiger partial charge in [0.1, 0.15) is 0 Å². The van der Waals surface area contributed by atoms with Gasteiger partial charge in [-0.1, -0.05) is 13.8 Å². The Morgan fingerprint density at radius 1 is 1.20 bits per heavy atom. The number of nitriles is 1. The van der Waals surface area contributed by atoms with Crippen molar-refractivity contribution in [2.45, 2.75) is 77.4 Å². The van der Waals surface area contributed by atoms with Crippen LogP contribution in [0.2, 0.25) is 0 Å². The molecule has 3 heteroatoms. The lowest BCUT2D eigenvalue weighted by molar-refractivity contribution is -0.190. The average molecular weight is 279 g/mol. The number of aliphatic hydroxyl groups is 1. The molecule has 0 amide bonds. The Balaban J connectivity index is 2.18. The highest BCUT2D eigenvalue weighted by atomic mass is 16.5. The maximum Gasteiger partial charge on any atom is 0.0882 e. The van der Waals surface area contributed by atoms with Gasteiger partial charge in [-0.05, 0) is 51.4 Å². The number of hydrogen-bond donors (Lipinski definition) is 1. The van der Waals surface area contributed by atoms with E-state index in [1.165, 1.54) is 0 Å². The second-order valence-corrected chi connectivity index (χ2v) is 7.84. The Morgan fingerprint density at radius 2 is 1.80 bits per heavy atom. The topological polar surface area (TPSA) is 53.2 Å². The van der Waals surface area contributed by atoms with Crippen molar-refractivity contribution < 1.29 is 9.84 Å². The van der Waals surface area contributed by atoms with Crippen LogP contribution in [0.3, 0.4) is 0 Å². The molecular formula is C17H29NO2. The third kappa shape index (κ3) is 2.73. The molecule has 1 heterocycles. The Morgan fingerprint density at radius 3 is 2.25 bits per heavy atom. The normalized spacial score (nSPS) is 41.4. The van der Waals surface area contributed by atoms with Crippen LogP contribution in [0.15, 0.2) is 0 Å². The van der Waals surface area contributed by atoms with E-state index in [4.69, 9.17) is 4.74 Å². The van der Waals surface area contributed by atoms with E-state index in [0.717, 1.165) is 25.7 Å². The highest BCUT2D eigenvalue weighted by Gasteiger charge is 2.55. The zero-order valence-electron chi connectivity index (χ0n) is 13.4. The highest BCUT2D eigenvalue weighted by Crippen LogP contribution is 2.53. The fraction of sp³-hybridized carbons (Fsp3) is 0.941. The Hall–Kier alpha value is -0.590. The number of ether oxygens (including phenoxy) is 1. The average Bonchev–Trinajstić information content (AvgIpc) is 2.37. The van der Waals surface area contributed by atoms with Crippen molar-refractivity contribution in [3.63, 3.8) is 0 Å². The highest BCUT2D eigenvalue weighted by molar-refractivity contribution is 5.15. The molecule has 0 radical (unpaired) electrons. The van der Waals surface area contributed by atoms with Crippen LogP contribution in [0.25, 0.3) is 0 Å². The van der Waals surface area contributed by atoms with Gasteiger partial charge in [-0.2, -0.15) is 5.26 Å². The van der Waals surface area contributed by atoms with Crippen LogP contribution >= 0.6 is 0 Å². The summed E-state index contributed by atoms with van der Waals surface area (Å²) in [5.74, 6) is 1.38. The molecule has 1 saturated heterocycles. The molecule has 1 unspecified atom stereocenters. The van der Waals surface area contributed by atoms with Crippen molar-refractivity contribution in [3.8, 4) is 6.07 Å². The van der Waals surface area contributed by atoms with E-state index in [2.05, 4.69) is 19.9 Å². The molecule has 0 aromatic carbocycles. The van der Waals surface area contributed by atoms with Crippen molar-refractivity contribution in [2.24, 2.45) is 17.3 Å². The molecule has 0 bridgehead atoms. The van der Waals surface area contributed by atoms with Gasteiger partial charge in [-0.15, -0.1) is 0 Å². The van der Waals surface area contributed by atoms with Crippen LogP contribution in [0, 0.1) is 28.6 Å². The second-order valence-electron chi connectivity index (χ2n) is 7.84. The van der Waals surface area contributed by atoms with Crippen LogP contribution < -0.4 is 0 Å². The summed E-state index contributed by atoms with van der Waals surface area (Å²) in [4.78, 5) is 0. The SMILES string of the molecule is CC(C)C1CCC(C#N)(C2(O)CCOC(C)(C)C2)CC1. The smallest absolute Gasteiger partial charge is 0.0882 e. The van der Waals surface area contributed by atoms with Crippen LogP contribution in [0.1, 0.15) is 66.2 Å². The summed E-state index contributed by atoms with van der Waals surface area (Å²) in [5.41, 5.74) is -1.78. The van der Waals surface area contributed by atoms with E-state index in [1.807, 2.05) is 13.8 Å². The second kappa shape index (κ2) is 5.31. The molecule has 2 fully saturated rings. The minimum Gasteiger partial charge on any atom is -0.388 e. The summed E-state index contributed by atoms with van der Waals surface area (Å²) in [7, 11) is 0. The fourth-order valence-electron chi connectivity index (χ4n) is 4.23. The van der Waals surface area contributed by atoms with Crippen LogP contribution in [0.4, 0.5) is 0 Å². The maximum atomic E-state index is 11.2. The molecule has 0 aromatic heterocycles. The van der Waals surface area contributed by atoms with Crippen molar-refractivity contribution in [2.75, 3.05) is 6.61 Å². The third-order valence-electron chi connectivity index (χ3n) is 5.66. The zero-order chi connectivity index (χ0) is 15.0. The van der Waals surface area contributed by atoms with Crippen LogP contribution in [-0.2, 0) is 4.74 Å². The minimum atomic E-state index is -0.883. The first-order valence-corrected chi connectivity index (χ1v) is 8.01. The minimum absolute atomic E-state index is 0.328. The van der Waals surface area contributed by atoms with Gasteiger partial charge >= 0.3 is 0 Å². The van der Waals surface area contributed by atoms with E-state index >= 15 is 0 Å². The number of rotatable bonds is 2. The predicted molar refractivity (Wildman–Crippen MR) is 79.1 cm³/mol. The molecule has 2 rings (SSSR count). The van der Waals surface area contributed by atoms with E-state index in [0.29, 0.717) is 31.3 Å². The third-order valence-corrected chi connectivity index (χ3v) is 5.66. The van der Waals surface area contributed by atoms with Crippen molar-refractivity contribution in [1.29, 1.82) is 5.26 Å². The number of hydrogen-bond acceptors (Lipinski definition) is 3. The van der Waals surface area contributed by atoms with Gasteiger partial charge in [0.2, 0.25) is 0 Å². The Labute approximate surface area is 123 Å². The summed E-state index contributed by atoms with van der Waals surface area (Å²) in [5, 5.41) is 21.0. The van der Waals surface area contributed by atoms with E-state index in [-0.39, 0.29) is 5.60 Å². The first kappa shape index (κ1) is 15.8. The van der Waals surface area contributed by atoms with Gasteiger partial charge in [0.25, 0.3) is 0 Å². The van der Waals surface area contributed by atoms with Gasteiger partial charge in [0.05, 0.1) is 29.3 Å². The molecule has 1 aliphatic carbocycles. The zero-order valence-corrected chi connectivity index (χ0v) is 13.4. The van der Waals surface area contributed by atoms with E-state index in [1.54, 1.807) is 0 Å². The summed E-state index contributed by atoms with van der Waals surface area (Å²) < 4.78 is 5.73. The first-order chi connectivity index (χ1) is 9.24.